The molecule has 0 aliphatic carbocycles. The van der Waals surface area contributed by atoms with Crippen molar-refractivity contribution in [1.29, 1.82) is 0 Å². The highest BCUT2D eigenvalue weighted by Crippen LogP contribution is 1.68. The Balaban J connectivity index is 3.44. The van der Waals surface area contributed by atoms with E-state index in [2.05, 4.69) is 0 Å². The van der Waals surface area contributed by atoms with Gasteiger partial charge in [0.25, 0.3) is 0 Å². The molecule has 0 aromatic heterocycles. The summed E-state index contributed by atoms with van der Waals surface area (Å²) in [5.74, 6) is -0.0788. The molecule has 0 bridgehead atoms. The van der Waals surface area contributed by atoms with Crippen molar-refractivity contribution in [2.75, 3.05) is 5.75 Å². The molecule has 0 saturated carbocycles. The Morgan fingerprint density at radius 3 is 2.50 bits per heavy atom. The molecule has 3 nitrogen and oxygen atoms in total. The van der Waals surface area contributed by atoms with Gasteiger partial charge in [0.15, 0.2) is 0 Å². The monoisotopic (exact) mass is 133 g/mol. The van der Waals surface area contributed by atoms with Gasteiger partial charge in [-0.2, -0.15) is 0 Å². The van der Waals surface area contributed by atoms with Crippen molar-refractivity contribution in [3.63, 3.8) is 0 Å². The summed E-state index contributed by atoms with van der Waals surface area (Å²) in [5, 5.41) is 0. The van der Waals surface area contributed by atoms with E-state index in [4.69, 9.17) is 0 Å². The van der Waals surface area contributed by atoms with Crippen molar-refractivity contribution in [2.24, 2.45) is 0 Å². The molecule has 4 heteroatoms. The lowest BCUT2D eigenvalue weighted by atomic mass is 10.6. The van der Waals surface area contributed by atoms with E-state index in [0.29, 0.717) is 0 Å². The van der Waals surface area contributed by atoms with E-state index in [9.17, 15) is 13.2 Å². The van der Waals surface area contributed by atoms with E-state index in [-0.39, 0.29) is 5.75 Å². The normalized spacial score (nSPS) is 10.6. The molecule has 0 aliphatic heterocycles. The summed E-state index contributed by atoms with van der Waals surface area (Å²) in [5.41, 5.74) is 0. The topological polar surface area (TPSA) is 51.2 Å². The first-order valence-corrected chi connectivity index (χ1v) is 3.28. The van der Waals surface area contributed by atoms with Gasteiger partial charge in [-0.15, -0.1) is 0 Å². The smallest absolute Gasteiger partial charge is 0.225 e. The van der Waals surface area contributed by atoms with Crippen LogP contribution < -0.4 is 0 Å². The standard InChI is InChI=1S/C4H5O3S/c5-3-1-2-4-8(6)7/h1-2,8H,4H2. The van der Waals surface area contributed by atoms with Gasteiger partial charge in [0.1, 0.15) is 10.7 Å². The van der Waals surface area contributed by atoms with Crippen LogP contribution in [-0.2, 0) is 15.5 Å². The van der Waals surface area contributed by atoms with Crippen molar-refractivity contribution < 1.29 is 13.2 Å². The van der Waals surface area contributed by atoms with E-state index in [1.807, 2.05) is 0 Å². The summed E-state index contributed by atoms with van der Waals surface area (Å²) < 4.78 is 19.5. The van der Waals surface area contributed by atoms with Crippen LogP contribution in [0, 0.1) is 0 Å². The predicted octanol–water partition coefficient (Wildman–Crippen LogP) is -0.736. The van der Waals surface area contributed by atoms with Gasteiger partial charge in [0, 0.05) is 0 Å². The van der Waals surface area contributed by atoms with Gasteiger partial charge in [-0.05, 0) is 6.08 Å². The molecule has 0 spiro atoms. The summed E-state index contributed by atoms with van der Waals surface area (Å²) in [6, 6.07) is 0. The van der Waals surface area contributed by atoms with Gasteiger partial charge in [-0.3, -0.25) is 4.79 Å². The average molecular weight is 133 g/mol. The molecule has 0 unspecified atom stereocenters. The van der Waals surface area contributed by atoms with E-state index < -0.39 is 10.7 Å². The molecule has 0 saturated heterocycles. The molecule has 1 radical (unpaired) electrons. The molecule has 0 heterocycles. The molecule has 0 N–H and O–H groups in total. The third kappa shape index (κ3) is 5.36. The minimum Gasteiger partial charge on any atom is -0.286 e. The quantitative estimate of drug-likeness (QED) is 0.407. The van der Waals surface area contributed by atoms with Gasteiger partial charge in [-0.1, -0.05) is 6.08 Å². The molecular formula is C4H5O3S. The van der Waals surface area contributed by atoms with Crippen LogP contribution in [0.2, 0.25) is 0 Å². The Morgan fingerprint density at radius 1 is 1.50 bits per heavy atom. The van der Waals surface area contributed by atoms with Crippen molar-refractivity contribution in [2.45, 2.75) is 0 Å². The van der Waals surface area contributed by atoms with Gasteiger partial charge >= 0.3 is 0 Å². The van der Waals surface area contributed by atoms with Crippen LogP contribution in [0.4, 0.5) is 0 Å². The van der Waals surface area contributed by atoms with Gasteiger partial charge in [0.2, 0.25) is 6.29 Å². The SMILES string of the molecule is O=[C]C=CC[SH](=O)=O. The number of allylic oxidation sites excluding steroid dienone is 1. The Kier molecular flexibility index (Phi) is 4.16. The van der Waals surface area contributed by atoms with Crippen molar-refractivity contribution in [3.8, 4) is 0 Å². The molecule has 0 amide bonds. The van der Waals surface area contributed by atoms with Crippen LogP contribution in [0.3, 0.4) is 0 Å². The van der Waals surface area contributed by atoms with Crippen LogP contribution in [0.25, 0.3) is 0 Å². The van der Waals surface area contributed by atoms with Crippen LogP contribution in [-0.4, -0.2) is 20.5 Å². The third-order valence-electron chi connectivity index (χ3n) is 0.440. The lowest BCUT2D eigenvalue weighted by Gasteiger charge is -1.69. The maximum atomic E-state index is 9.73. The molecule has 0 fully saturated rings. The van der Waals surface area contributed by atoms with Crippen molar-refractivity contribution in [1.82, 2.24) is 0 Å². The molecular weight excluding hydrogens is 128 g/mol. The molecule has 0 aliphatic rings. The summed E-state index contributed by atoms with van der Waals surface area (Å²) >= 11 is 0. The van der Waals surface area contributed by atoms with Crippen LogP contribution in [0.15, 0.2) is 12.2 Å². The lowest BCUT2D eigenvalue weighted by Crippen LogP contribution is -1.79. The fraction of sp³-hybridized carbons (Fsp3) is 0.250. The molecule has 0 aromatic rings. The number of carbonyl (C=O) groups excluding carboxylic acids is 1. The first-order valence-electron chi connectivity index (χ1n) is 1.92. The zero-order valence-electron chi connectivity index (χ0n) is 4.03. The minimum absolute atomic E-state index is 0.0788. The summed E-state index contributed by atoms with van der Waals surface area (Å²) in [6.45, 7) is 0. The average Bonchev–Trinajstić information content (AvgIpc) is 1.66. The summed E-state index contributed by atoms with van der Waals surface area (Å²) in [7, 11) is -2.38. The minimum atomic E-state index is -2.38. The van der Waals surface area contributed by atoms with Crippen LogP contribution in [0.1, 0.15) is 0 Å². The number of hydrogen-bond donors (Lipinski definition) is 1. The number of rotatable bonds is 3. The second-order valence-electron chi connectivity index (χ2n) is 1.04. The highest BCUT2D eigenvalue weighted by atomic mass is 32.2. The lowest BCUT2D eigenvalue weighted by molar-refractivity contribution is 0.564. The first kappa shape index (κ1) is 7.36. The first-order chi connectivity index (χ1) is 3.77. The van der Waals surface area contributed by atoms with Crippen LogP contribution in [0.5, 0.6) is 0 Å². The molecule has 8 heavy (non-hydrogen) atoms. The Labute approximate surface area is 49.0 Å². The number of hydrogen-bond acceptors (Lipinski definition) is 3. The predicted molar refractivity (Wildman–Crippen MR) is 30.0 cm³/mol. The summed E-state index contributed by atoms with van der Waals surface area (Å²) in [6.07, 6.45) is 3.69. The van der Waals surface area contributed by atoms with Gasteiger partial charge in [0.05, 0.1) is 5.75 Å². The zero-order valence-corrected chi connectivity index (χ0v) is 4.93. The fourth-order valence-corrected chi connectivity index (χ4v) is 0.464. The number of thiol groups is 1. The largest absolute Gasteiger partial charge is 0.286 e. The molecule has 45 valence electrons. The van der Waals surface area contributed by atoms with E-state index in [1.54, 1.807) is 0 Å². The van der Waals surface area contributed by atoms with Gasteiger partial charge in [-0.25, -0.2) is 8.42 Å². The fourth-order valence-electron chi connectivity index (χ4n) is 0.187. The third-order valence-corrected chi connectivity index (χ3v) is 0.949. The maximum Gasteiger partial charge on any atom is 0.225 e. The van der Waals surface area contributed by atoms with Crippen molar-refractivity contribution in [3.05, 3.63) is 12.2 Å². The Morgan fingerprint density at radius 2 is 2.12 bits per heavy atom. The zero-order chi connectivity index (χ0) is 6.41. The molecule has 0 rings (SSSR count). The Hall–Kier alpha value is -0.640. The van der Waals surface area contributed by atoms with E-state index in [1.165, 1.54) is 12.4 Å². The highest BCUT2D eigenvalue weighted by molar-refractivity contribution is 7.72. The van der Waals surface area contributed by atoms with Gasteiger partial charge < -0.3 is 0 Å². The van der Waals surface area contributed by atoms with E-state index in [0.717, 1.165) is 6.08 Å². The van der Waals surface area contributed by atoms with Crippen LogP contribution >= 0.6 is 0 Å². The highest BCUT2D eigenvalue weighted by Gasteiger charge is 1.75. The second kappa shape index (κ2) is 4.52. The van der Waals surface area contributed by atoms with E-state index >= 15 is 0 Å². The Bertz CT molecular complexity index is 149. The molecule has 0 aromatic carbocycles. The molecule has 0 atom stereocenters. The summed E-state index contributed by atoms with van der Waals surface area (Å²) in [4.78, 5) is 9.38. The second-order valence-corrected chi connectivity index (χ2v) is 2.07. The van der Waals surface area contributed by atoms with Crippen molar-refractivity contribution >= 4 is 17.0 Å². The maximum absolute atomic E-state index is 9.73.